The molecule has 1 aromatic heterocycles. The van der Waals surface area contributed by atoms with Crippen LogP contribution in [0.4, 0.5) is 5.95 Å². The number of benzene rings is 2. The molecule has 5 heteroatoms. The van der Waals surface area contributed by atoms with E-state index in [1.54, 1.807) is 0 Å². The van der Waals surface area contributed by atoms with Crippen molar-refractivity contribution in [2.75, 3.05) is 5.73 Å². The summed E-state index contributed by atoms with van der Waals surface area (Å²) in [6.07, 6.45) is 1.34. The highest BCUT2D eigenvalue weighted by atomic mass is 16.5. The lowest BCUT2D eigenvalue weighted by atomic mass is 9.97. The molecule has 0 amide bonds. The Bertz CT molecular complexity index is 775. The highest BCUT2D eigenvalue weighted by Crippen LogP contribution is 2.26. The second-order valence-corrected chi connectivity index (χ2v) is 4.87. The van der Waals surface area contributed by atoms with Crippen LogP contribution in [0.25, 0.3) is 11.1 Å². The van der Waals surface area contributed by atoms with E-state index in [4.69, 9.17) is 10.5 Å². The highest BCUT2D eigenvalue weighted by Gasteiger charge is 2.07. The molecule has 0 aliphatic carbocycles. The van der Waals surface area contributed by atoms with Crippen molar-refractivity contribution >= 4 is 5.95 Å². The van der Waals surface area contributed by atoms with Gasteiger partial charge in [-0.15, -0.1) is 0 Å². The third-order valence-corrected chi connectivity index (χ3v) is 3.46. The van der Waals surface area contributed by atoms with Crippen LogP contribution in [-0.2, 0) is 6.61 Å². The Kier molecular flexibility index (Phi) is 3.96. The SMILES string of the molecule is Cc1c(COc2ncnc(N)n2)cccc1-c1ccccc1. The van der Waals surface area contributed by atoms with E-state index in [1.807, 2.05) is 30.3 Å². The first-order chi connectivity index (χ1) is 10.7. The number of rotatable bonds is 4. The van der Waals surface area contributed by atoms with Crippen LogP contribution in [0.2, 0.25) is 0 Å². The second kappa shape index (κ2) is 6.22. The van der Waals surface area contributed by atoms with Gasteiger partial charge in [0.25, 0.3) is 0 Å². The van der Waals surface area contributed by atoms with Gasteiger partial charge in [0.05, 0.1) is 0 Å². The largest absolute Gasteiger partial charge is 0.458 e. The van der Waals surface area contributed by atoms with Crippen LogP contribution < -0.4 is 10.5 Å². The molecular formula is C17H16N4O. The van der Waals surface area contributed by atoms with Crippen LogP contribution in [0.3, 0.4) is 0 Å². The van der Waals surface area contributed by atoms with Crippen molar-refractivity contribution in [3.63, 3.8) is 0 Å². The lowest BCUT2D eigenvalue weighted by Crippen LogP contribution is -2.04. The second-order valence-electron chi connectivity index (χ2n) is 4.87. The number of nitrogens with zero attached hydrogens (tertiary/aromatic N) is 3. The Morgan fingerprint density at radius 2 is 1.82 bits per heavy atom. The van der Waals surface area contributed by atoms with Crippen molar-refractivity contribution in [1.29, 1.82) is 0 Å². The molecule has 22 heavy (non-hydrogen) atoms. The van der Waals surface area contributed by atoms with Gasteiger partial charge in [0.2, 0.25) is 5.95 Å². The van der Waals surface area contributed by atoms with Gasteiger partial charge < -0.3 is 10.5 Å². The molecule has 0 unspecified atom stereocenters. The third kappa shape index (κ3) is 3.03. The Labute approximate surface area is 128 Å². The summed E-state index contributed by atoms with van der Waals surface area (Å²) in [5.41, 5.74) is 10.2. The van der Waals surface area contributed by atoms with Gasteiger partial charge in [0, 0.05) is 0 Å². The van der Waals surface area contributed by atoms with E-state index in [2.05, 4.69) is 40.1 Å². The maximum atomic E-state index is 5.60. The fourth-order valence-electron chi connectivity index (χ4n) is 2.28. The number of aromatic nitrogens is 3. The van der Waals surface area contributed by atoms with E-state index < -0.39 is 0 Å². The van der Waals surface area contributed by atoms with Crippen LogP contribution >= 0.6 is 0 Å². The predicted molar refractivity (Wildman–Crippen MR) is 85.2 cm³/mol. The Hall–Kier alpha value is -2.95. The molecule has 5 nitrogen and oxygen atoms in total. The number of nitrogen functional groups attached to an aromatic ring is 1. The summed E-state index contributed by atoms with van der Waals surface area (Å²) in [6, 6.07) is 16.7. The molecule has 2 aromatic carbocycles. The molecule has 2 N–H and O–H groups in total. The Morgan fingerprint density at radius 1 is 1.00 bits per heavy atom. The minimum atomic E-state index is 0.153. The van der Waals surface area contributed by atoms with Crippen molar-refractivity contribution in [2.24, 2.45) is 0 Å². The molecule has 1 heterocycles. The van der Waals surface area contributed by atoms with E-state index in [0.717, 1.165) is 5.56 Å². The van der Waals surface area contributed by atoms with E-state index in [9.17, 15) is 0 Å². The van der Waals surface area contributed by atoms with Crippen LogP contribution in [-0.4, -0.2) is 15.0 Å². The van der Waals surface area contributed by atoms with Gasteiger partial charge in [-0.25, -0.2) is 4.98 Å². The van der Waals surface area contributed by atoms with E-state index >= 15 is 0 Å². The molecule has 0 bridgehead atoms. The molecule has 3 aromatic rings. The lowest BCUT2D eigenvalue weighted by molar-refractivity contribution is 0.279. The average molecular weight is 292 g/mol. The average Bonchev–Trinajstić information content (AvgIpc) is 2.55. The third-order valence-electron chi connectivity index (χ3n) is 3.46. The van der Waals surface area contributed by atoms with Gasteiger partial charge in [-0.3, -0.25) is 0 Å². The Balaban J connectivity index is 1.83. The van der Waals surface area contributed by atoms with Crippen LogP contribution in [0.5, 0.6) is 6.01 Å². The number of nitrogens with two attached hydrogens (primary N) is 1. The normalized spacial score (nSPS) is 10.4. The van der Waals surface area contributed by atoms with Crippen LogP contribution in [0.15, 0.2) is 54.9 Å². The van der Waals surface area contributed by atoms with Crippen LogP contribution in [0.1, 0.15) is 11.1 Å². The molecule has 0 radical (unpaired) electrons. The molecule has 0 fully saturated rings. The zero-order valence-corrected chi connectivity index (χ0v) is 12.2. The topological polar surface area (TPSA) is 73.9 Å². The Morgan fingerprint density at radius 3 is 2.59 bits per heavy atom. The lowest BCUT2D eigenvalue weighted by Gasteiger charge is -2.12. The van der Waals surface area contributed by atoms with Crippen molar-refractivity contribution in [3.05, 3.63) is 66.0 Å². The molecule has 0 spiro atoms. The number of hydrogen-bond acceptors (Lipinski definition) is 5. The summed E-state index contributed by atoms with van der Waals surface area (Å²) >= 11 is 0. The van der Waals surface area contributed by atoms with Crippen molar-refractivity contribution in [3.8, 4) is 17.1 Å². The summed E-state index contributed by atoms with van der Waals surface area (Å²) in [4.78, 5) is 11.6. The smallest absolute Gasteiger partial charge is 0.321 e. The van der Waals surface area contributed by atoms with Gasteiger partial charge in [-0.2, -0.15) is 9.97 Å². The number of anilines is 1. The zero-order valence-electron chi connectivity index (χ0n) is 12.2. The molecule has 3 rings (SSSR count). The fraction of sp³-hybridized carbons (Fsp3) is 0.118. The predicted octanol–water partition coefficient (Wildman–Crippen LogP) is 3.01. The number of ether oxygens (including phenoxy) is 1. The molecule has 0 aliphatic heterocycles. The summed E-state index contributed by atoms with van der Waals surface area (Å²) in [5.74, 6) is 0.153. The maximum Gasteiger partial charge on any atom is 0.321 e. The molecular weight excluding hydrogens is 276 g/mol. The molecule has 0 saturated heterocycles. The van der Waals surface area contributed by atoms with Gasteiger partial charge >= 0.3 is 6.01 Å². The summed E-state index contributed by atoms with van der Waals surface area (Å²) in [7, 11) is 0. The monoisotopic (exact) mass is 292 g/mol. The molecule has 0 saturated carbocycles. The minimum absolute atomic E-state index is 0.153. The van der Waals surface area contributed by atoms with Gasteiger partial charge in [-0.05, 0) is 29.2 Å². The first-order valence-electron chi connectivity index (χ1n) is 6.95. The van der Waals surface area contributed by atoms with Crippen LogP contribution in [0, 0.1) is 6.92 Å². The van der Waals surface area contributed by atoms with Gasteiger partial charge in [0.1, 0.15) is 12.9 Å². The standard InChI is InChI=1S/C17H16N4O/c1-12-14(10-22-17-20-11-19-16(18)21-17)8-5-9-15(12)13-6-3-2-4-7-13/h2-9,11H,10H2,1H3,(H2,18,19,20,21). The first kappa shape index (κ1) is 14.0. The van der Waals surface area contributed by atoms with Crippen molar-refractivity contribution < 1.29 is 4.74 Å². The molecule has 110 valence electrons. The minimum Gasteiger partial charge on any atom is -0.458 e. The molecule has 0 atom stereocenters. The first-order valence-corrected chi connectivity index (χ1v) is 6.95. The highest BCUT2D eigenvalue weighted by molar-refractivity contribution is 5.68. The van der Waals surface area contributed by atoms with Crippen molar-refractivity contribution in [2.45, 2.75) is 13.5 Å². The van der Waals surface area contributed by atoms with E-state index in [0.29, 0.717) is 6.61 Å². The summed E-state index contributed by atoms with van der Waals surface area (Å²) in [6.45, 7) is 2.47. The van der Waals surface area contributed by atoms with E-state index in [-0.39, 0.29) is 12.0 Å². The van der Waals surface area contributed by atoms with E-state index in [1.165, 1.54) is 23.0 Å². The fourth-order valence-corrected chi connectivity index (χ4v) is 2.28. The number of hydrogen-bond donors (Lipinski definition) is 1. The van der Waals surface area contributed by atoms with Crippen molar-refractivity contribution in [1.82, 2.24) is 15.0 Å². The van der Waals surface area contributed by atoms with Gasteiger partial charge in [0.15, 0.2) is 0 Å². The molecule has 0 aliphatic rings. The summed E-state index contributed by atoms with van der Waals surface area (Å²) in [5, 5.41) is 0. The quantitative estimate of drug-likeness (QED) is 0.800. The maximum absolute atomic E-state index is 5.60. The zero-order chi connectivity index (χ0) is 15.4. The van der Waals surface area contributed by atoms with Gasteiger partial charge in [-0.1, -0.05) is 48.5 Å². The summed E-state index contributed by atoms with van der Waals surface area (Å²) < 4.78 is 5.60.